The summed E-state index contributed by atoms with van der Waals surface area (Å²) < 4.78 is 13.3. The number of amides is 1. The average Bonchev–Trinajstić information content (AvgIpc) is 2.25. The minimum atomic E-state index is -0.540. The maximum Gasteiger partial charge on any atom is 0.274 e. The van der Waals surface area contributed by atoms with E-state index >= 15 is 0 Å². The van der Waals surface area contributed by atoms with Gasteiger partial charge in [0, 0.05) is 5.71 Å². The van der Waals surface area contributed by atoms with Crippen LogP contribution in [0.4, 0.5) is 4.39 Å². The summed E-state index contributed by atoms with van der Waals surface area (Å²) in [7, 11) is 0. The van der Waals surface area contributed by atoms with Gasteiger partial charge in [-0.05, 0) is 31.4 Å². The first-order valence-electron chi connectivity index (χ1n) is 5.58. The van der Waals surface area contributed by atoms with Crippen LogP contribution in [0.2, 0.25) is 0 Å². The molecule has 0 aliphatic rings. The fraction of sp³-hybridized carbons (Fsp3) is 0.385. The molecule has 0 aromatic heterocycles. The summed E-state index contributed by atoms with van der Waals surface area (Å²) >= 11 is 0. The Labute approximate surface area is 101 Å². The van der Waals surface area contributed by atoms with Gasteiger partial charge >= 0.3 is 0 Å². The molecule has 17 heavy (non-hydrogen) atoms. The van der Waals surface area contributed by atoms with Crippen molar-refractivity contribution < 1.29 is 9.18 Å². The van der Waals surface area contributed by atoms with Crippen LogP contribution in [0, 0.1) is 11.7 Å². The molecule has 3 nitrogen and oxygen atoms in total. The number of nitrogens with zero attached hydrogens (tertiary/aromatic N) is 1. The molecular formula is C13H17FN2O. The number of halogens is 1. The molecule has 0 heterocycles. The van der Waals surface area contributed by atoms with E-state index in [1.165, 1.54) is 12.1 Å². The fourth-order valence-electron chi connectivity index (χ4n) is 1.49. The molecule has 92 valence electrons. The van der Waals surface area contributed by atoms with Gasteiger partial charge in [0.15, 0.2) is 0 Å². The minimum Gasteiger partial charge on any atom is -0.267 e. The Kier molecular flexibility index (Phi) is 4.82. The van der Waals surface area contributed by atoms with E-state index in [2.05, 4.69) is 24.4 Å². The topological polar surface area (TPSA) is 41.5 Å². The highest BCUT2D eigenvalue weighted by Crippen LogP contribution is 2.06. The molecule has 1 rings (SSSR count). The molecule has 0 bridgehead atoms. The quantitative estimate of drug-likeness (QED) is 0.633. The van der Waals surface area contributed by atoms with Crippen molar-refractivity contribution >= 4 is 11.6 Å². The lowest BCUT2D eigenvalue weighted by Crippen LogP contribution is -2.20. The number of nitrogens with one attached hydrogen (secondary N) is 1. The maximum atomic E-state index is 13.3. The molecule has 0 saturated carbocycles. The van der Waals surface area contributed by atoms with Crippen molar-refractivity contribution in [3.8, 4) is 0 Å². The van der Waals surface area contributed by atoms with E-state index in [9.17, 15) is 9.18 Å². The third-order valence-corrected chi connectivity index (χ3v) is 2.17. The highest BCUT2D eigenvalue weighted by atomic mass is 19.1. The highest BCUT2D eigenvalue weighted by molar-refractivity contribution is 5.95. The normalized spacial score (nSPS) is 11.7. The summed E-state index contributed by atoms with van der Waals surface area (Å²) in [4.78, 5) is 11.6. The number of carbonyl (C=O) groups excluding carboxylic acids is 1. The Balaban J connectivity index is 2.65. The number of benzene rings is 1. The summed E-state index contributed by atoms with van der Waals surface area (Å²) in [5.41, 5.74) is 3.19. The predicted molar refractivity (Wildman–Crippen MR) is 66.4 cm³/mol. The lowest BCUT2D eigenvalue weighted by Gasteiger charge is -2.05. The zero-order valence-corrected chi connectivity index (χ0v) is 10.3. The van der Waals surface area contributed by atoms with Crippen LogP contribution in [0.5, 0.6) is 0 Å². The van der Waals surface area contributed by atoms with E-state index in [1.807, 2.05) is 6.92 Å². The standard InChI is InChI=1S/C13H17FN2O/c1-9(2)8-10(3)15-16-13(17)11-6-4-5-7-12(11)14/h4-7,9H,8H2,1-3H3,(H,16,17)/b15-10+. The fourth-order valence-corrected chi connectivity index (χ4v) is 1.49. The lowest BCUT2D eigenvalue weighted by atomic mass is 10.1. The van der Waals surface area contributed by atoms with Crippen LogP contribution in [0.1, 0.15) is 37.6 Å². The highest BCUT2D eigenvalue weighted by Gasteiger charge is 2.09. The minimum absolute atomic E-state index is 0.00796. The van der Waals surface area contributed by atoms with Gasteiger partial charge < -0.3 is 0 Å². The Morgan fingerprint density at radius 2 is 2.06 bits per heavy atom. The Hall–Kier alpha value is -1.71. The Morgan fingerprint density at radius 3 is 2.65 bits per heavy atom. The molecular weight excluding hydrogens is 219 g/mol. The zero-order valence-electron chi connectivity index (χ0n) is 10.3. The molecule has 0 saturated heterocycles. The third kappa shape index (κ3) is 4.34. The number of hydrogen-bond acceptors (Lipinski definition) is 2. The van der Waals surface area contributed by atoms with Gasteiger partial charge in [-0.15, -0.1) is 0 Å². The van der Waals surface area contributed by atoms with Crippen molar-refractivity contribution in [3.05, 3.63) is 35.6 Å². The van der Waals surface area contributed by atoms with Crippen LogP contribution in [0.15, 0.2) is 29.4 Å². The molecule has 0 fully saturated rings. The molecule has 1 aromatic carbocycles. The number of hydrazone groups is 1. The van der Waals surface area contributed by atoms with E-state index < -0.39 is 11.7 Å². The van der Waals surface area contributed by atoms with Gasteiger partial charge in [0.2, 0.25) is 0 Å². The second-order valence-electron chi connectivity index (χ2n) is 4.37. The molecule has 1 amide bonds. The molecule has 0 radical (unpaired) electrons. The van der Waals surface area contributed by atoms with E-state index in [1.54, 1.807) is 12.1 Å². The molecule has 0 spiro atoms. The molecule has 1 N–H and O–H groups in total. The Bertz CT molecular complexity index is 427. The summed E-state index contributed by atoms with van der Waals surface area (Å²) in [5, 5.41) is 3.93. The van der Waals surface area contributed by atoms with Crippen molar-refractivity contribution in [2.75, 3.05) is 0 Å². The van der Waals surface area contributed by atoms with E-state index in [0.717, 1.165) is 12.1 Å². The molecule has 0 aliphatic carbocycles. The number of carbonyl (C=O) groups is 1. The predicted octanol–water partition coefficient (Wildman–Crippen LogP) is 2.98. The molecule has 0 atom stereocenters. The van der Waals surface area contributed by atoms with Crippen LogP contribution in [0.25, 0.3) is 0 Å². The second kappa shape index (κ2) is 6.13. The maximum absolute atomic E-state index is 13.3. The first-order chi connectivity index (χ1) is 8.00. The van der Waals surface area contributed by atoms with Gasteiger partial charge in [-0.1, -0.05) is 26.0 Å². The van der Waals surface area contributed by atoms with Crippen LogP contribution in [0.3, 0.4) is 0 Å². The van der Waals surface area contributed by atoms with Crippen LogP contribution in [-0.4, -0.2) is 11.6 Å². The van der Waals surface area contributed by atoms with Crippen molar-refractivity contribution in [1.29, 1.82) is 0 Å². The van der Waals surface area contributed by atoms with Crippen LogP contribution in [-0.2, 0) is 0 Å². The summed E-state index contributed by atoms with van der Waals surface area (Å²) in [5.74, 6) is -0.586. The summed E-state index contributed by atoms with van der Waals surface area (Å²) in [6.45, 7) is 5.97. The largest absolute Gasteiger partial charge is 0.274 e. The molecule has 1 aromatic rings. The average molecular weight is 236 g/mol. The Morgan fingerprint density at radius 1 is 1.41 bits per heavy atom. The number of hydrogen-bond donors (Lipinski definition) is 1. The monoisotopic (exact) mass is 236 g/mol. The smallest absolute Gasteiger partial charge is 0.267 e. The zero-order chi connectivity index (χ0) is 12.8. The van der Waals surface area contributed by atoms with Gasteiger partial charge in [0.05, 0.1) is 5.56 Å². The van der Waals surface area contributed by atoms with E-state index in [0.29, 0.717) is 5.92 Å². The van der Waals surface area contributed by atoms with Crippen LogP contribution >= 0.6 is 0 Å². The third-order valence-electron chi connectivity index (χ3n) is 2.17. The van der Waals surface area contributed by atoms with Crippen molar-refractivity contribution in [1.82, 2.24) is 5.43 Å². The van der Waals surface area contributed by atoms with Gasteiger partial charge in [-0.2, -0.15) is 5.10 Å². The molecule has 0 aliphatic heterocycles. The molecule has 4 heteroatoms. The SMILES string of the molecule is C/C(CC(C)C)=N\NC(=O)c1ccccc1F. The summed E-state index contributed by atoms with van der Waals surface area (Å²) in [6, 6.07) is 5.83. The van der Waals surface area contributed by atoms with Crippen molar-refractivity contribution in [2.45, 2.75) is 27.2 Å². The van der Waals surface area contributed by atoms with Gasteiger partial charge in [0.25, 0.3) is 5.91 Å². The first-order valence-corrected chi connectivity index (χ1v) is 5.58. The molecule has 0 unspecified atom stereocenters. The lowest BCUT2D eigenvalue weighted by molar-refractivity contribution is 0.0950. The van der Waals surface area contributed by atoms with Gasteiger partial charge in [-0.3, -0.25) is 4.79 Å². The van der Waals surface area contributed by atoms with Crippen LogP contribution < -0.4 is 5.43 Å². The van der Waals surface area contributed by atoms with Gasteiger partial charge in [-0.25, -0.2) is 9.82 Å². The van der Waals surface area contributed by atoms with Crippen molar-refractivity contribution in [3.63, 3.8) is 0 Å². The van der Waals surface area contributed by atoms with E-state index in [4.69, 9.17) is 0 Å². The summed E-state index contributed by atoms with van der Waals surface area (Å²) in [6.07, 6.45) is 0.803. The van der Waals surface area contributed by atoms with Crippen molar-refractivity contribution in [2.24, 2.45) is 11.0 Å². The first kappa shape index (κ1) is 13.4. The second-order valence-corrected chi connectivity index (χ2v) is 4.37. The van der Waals surface area contributed by atoms with Gasteiger partial charge in [0.1, 0.15) is 5.82 Å². The van der Waals surface area contributed by atoms with E-state index in [-0.39, 0.29) is 5.56 Å². The number of rotatable bonds is 4.